The molecule has 0 bridgehead atoms. The Morgan fingerprint density at radius 3 is 2.33 bits per heavy atom. The van der Waals surface area contributed by atoms with Gasteiger partial charge in [0.25, 0.3) is 0 Å². The quantitative estimate of drug-likeness (QED) is 0.711. The van der Waals surface area contributed by atoms with Crippen LogP contribution in [0.5, 0.6) is 0 Å². The first-order valence-electron chi connectivity index (χ1n) is 6.07. The molecule has 1 heteroatoms. The molecule has 0 aromatic heterocycles. The summed E-state index contributed by atoms with van der Waals surface area (Å²) in [6, 6.07) is 4.74. The van der Waals surface area contributed by atoms with Gasteiger partial charge in [-0.15, -0.1) is 0 Å². The van der Waals surface area contributed by atoms with Crippen molar-refractivity contribution in [3.05, 3.63) is 28.8 Å². The van der Waals surface area contributed by atoms with Crippen LogP contribution in [0, 0.1) is 13.8 Å². The van der Waals surface area contributed by atoms with E-state index in [4.69, 9.17) is 0 Å². The second-order valence-electron chi connectivity index (χ2n) is 4.61. The second kappa shape index (κ2) is 4.26. The maximum absolute atomic E-state index is 2.54. The molecule has 82 valence electrons. The van der Waals surface area contributed by atoms with E-state index < -0.39 is 0 Å². The molecule has 1 aromatic carbocycles. The van der Waals surface area contributed by atoms with Gasteiger partial charge in [-0.05, 0) is 55.9 Å². The van der Waals surface area contributed by atoms with E-state index in [9.17, 15) is 0 Å². The molecule has 1 aliphatic heterocycles. The average Bonchev–Trinajstić information content (AvgIpc) is 2.71. The largest absolute Gasteiger partial charge is 0.371 e. The van der Waals surface area contributed by atoms with Gasteiger partial charge in [-0.25, -0.2) is 0 Å². The van der Waals surface area contributed by atoms with E-state index in [-0.39, 0.29) is 0 Å². The molecule has 0 spiro atoms. The Hall–Kier alpha value is -0.980. The van der Waals surface area contributed by atoms with E-state index in [1.54, 1.807) is 0 Å². The summed E-state index contributed by atoms with van der Waals surface area (Å²) in [5.74, 6) is 0. The Morgan fingerprint density at radius 1 is 1.07 bits per heavy atom. The molecule has 0 N–H and O–H groups in total. The highest BCUT2D eigenvalue weighted by molar-refractivity contribution is 5.57. The van der Waals surface area contributed by atoms with E-state index in [1.165, 1.54) is 48.3 Å². The van der Waals surface area contributed by atoms with Crippen molar-refractivity contribution in [3.63, 3.8) is 0 Å². The predicted molar refractivity (Wildman–Crippen MR) is 66.7 cm³/mol. The summed E-state index contributed by atoms with van der Waals surface area (Å²) in [5, 5.41) is 0. The van der Waals surface area contributed by atoms with Crippen molar-refractivity contribution in [2.75, 3.05) is 18.0 Å². The topological polar surface area (TPSA) is 3.24 Å². The van der Waals surface area contributed by atoms with Gasteiger partial charge in [0.05, 0.1) is 0 Å². The first-order chi connectivity index (χ1) is 7.22. The van der Waals surface area contributed by atoms with Crippen LogP contribution < -0.4 is 4.90 Å². The van der Waals surface area contributed by atoms with Crippen molar-refractivity contribution in [2.24, 2.45) is 0 Å². The fraction of sp³-hybridized carbons (Fsp3) is 0.571. The van der Waals surface area contributed by atoms with E-state index in [1.807, 2.05) is 0 Å². The number of aryl methyl sites for hydroxylation is 3. The zero-order chi connectivity index (χ0) is 10.8. The molecular weight excluding hydrogens is 182 g/mol. The number of hydrogen-bond acceptors (Lipinski definition) is 1. The first kappa shape index (κ1) is 10.5. The normalized spacial score (nSPS) is 16.1. The van der Waals surface area contributed by atoms with Gasteiger partial charge >= 0.3 is 0 Å². The molecule has 1 aromatic rings. The lowest BCUT2D eigenvalue weighted by atomic mass is 10.0. The number of hydrogen-bond donors (Lipinski definition) is 0. The summed E-state index contributed by atoms with van der Waals surface area (Å²) >= 11 is 0. The lowest BCUT2D eigenvalue weighted by Crippen LogP contribution is -2.19. The number of rotatable bonds is 2. The van der Waals surface area contributed by atoms with E-state index in [0.29, 0.717) is 0 Å². The van der Waals surface area contributed by atoms with Crippen molar-refractivity contribution in [1.29, 1.82) is 0 Å². The lowest BCUT2D eigenvalue weighted by molar-refractivity contribution is 0.949. The maximum Gasteiger partial charge on any atom is 0.0398 e. The molecule has 1 fully saturated rings. The van der Waals surface area contributed by atoms with Gasteiger partial charge in [0, 0.05) is 18.8 Å². The molecule has 1 heterocycles. The van der Waals surface area contributed by atoms with Gasteiger partial charge in [0.1, 0.15) is 0 Å². The zero-order valence-corrected chi connectivity index (χ0v) is 10.1. The Balaban J connectivity index is 2.37. The van der Waals surface area contributed by atoms with Gasteiger partial charge in [-0.1, -0.05) is 13.0 Å². The molecule has 0 unspecified atom stereocenters. The third-order valence-electron chi connectivity index (χ3n) is 3.48. The summed E-state index contributed by atoms with van der Waals surface area (Å²) < 4.78 is 0. The number of anilines is 1. The van der Waals surface area contributed by atoms with Crippen LogP contribution >= 0.6 is 0 Å². The molecule has 1 aliphatic rings. The highest BCUT2D eigenvalue weighted by Gasteiger charge is 2.15. The molecule has 1 nitrogen and oxygen atoms in total. The zero-order valence-electron chi connectivity index (χ0n) is 10.1. The van der Waals surface area contributed by atoms with E-state index >= 15 is 0 Å². The summed E-state index contributed by atoms with van der Waals surface area (Å²) in [5.41, 5.74) is 5.85. The van der Waals surface area contributed by atoms with Crippen molar-refractivity contribution in [1.82, 2.24) is 0 Å². The van der Waals surface area contributed by atoms with Gasteiger partial charge in [-0.3, -0.25) is 0 Å². The highest BCUT2D eigenvalue weighted by atomic mass is 15.1. The third kappa shape index (κ3) is 2.01. The summed E-state index contributed by atoms with van der Waals surface area (Å²) in [6.07, 6.45) is 3.86. The van der Waals surface area contributed by atoms with Crippen LogP contribution in [-0.4, -0.2) is 13.1 Å². The Bertz CT molecular complexity index is 349. The maximum atomic E-state index is 2.54. The molecule has 0 radical (unpaired) electrons. The fourth-order valence-electron chi connectivity index (χ4n) is 2.56. The Morgan fingerprint density at radius 2 is 1.73 bits per heavy atom. The molecule has 2 rings (SSSR count). The average molecular weight is 203 g/mol. The number of benzene rings is 1. The summed E-state index contributed by atoms with van der Waals surface area (Å²) in [4.78, 5) is 2.54. The molecular formula is C14H21N. The van der Waals surface area contributed by atoms with Gasteiger partial charge in [0.2, 0.25) is 0 Å². The molecule has 15 heavy (non-hydrogen) atoms. The van der Waals surface area contributed by atoms with Gasteiger partial charge < -0.3 is 4.90 Å². The Labute approximate surface area is 93.1 Å². The highest BCUT2D eigenvalue weighted by Crippen LogP contribution is 2.27. The number of nitrogens with zero attached hydrogens (tertiary/aromatic N) is 1. The van der Waals surface area contributed by atoms with Crippen molar-refractivity contribution < 1.29 is 0 Å². The van der Waals surface area contributed by atoms with Crippen LogP contribution in [0.25, 0.3) is 0 Å². The second-order valence-corrected chi connectivity index (χ2v) is 4.61. The molecule has 0 atom stereocenters. The van der Waals surface area contributed by atoms with Crippen LogP contribution in [-0.2, 0) is 6.42 Å². The predicted octanol–water partition coefficient (Wildman–Crippen LogP) is 3.47. The smallest absolute Gasteiger partial charge is 0.0398 e. The standard InChI is InChI=1S/C14H21N/c1-4-13-10-14(12(3)9-11(13)2)15-7-5-6-8-15/h9-10H,4-8H2,1-3H3. The minimum absolute atomic E-state index is 1.15. The summed E-state index contributed by atoms with van der Waals surface area (Å²) in [6.45, 7) is 9.19. The summed E-state index contributed by atoms with van der Waals surface area (Å²) in [7, 11) is 0. The molecule has 0 saturated carbocycles. The molecule has 0 aliphatic carbocycles. The van der Waals surface area contributed by atoms with Crippen LogP contribution in [0.1, 0.15) is 36.5 Å². The van der Waals surface area contributed by atoms with E-state index in [0.717, 1.165) is 6.42 Å². The van der Waals surface area contributed by atoms with Gasteiger partial charge in [-0.2, -0.15) is 0 Å². The molecule has 1 saturated heterocycles. The van der Waals surface area contributed by atoms with Crippen molar-refractivity contribution in [2.45, 2.75) is 40.0 Å². The first-order valence-corrected chi connectivity index (χ1v) is 6.07. The SMILES string of the molecule is CCc1cc(N2CCCC2)c(C)cc1C. The van der Waals surface area contributed by atoms with Crippen LogP contribution in [0.3, 0.4) is 0 Å². The van der Waals surface area contributed by atoms with Crippen molar-refractivity contribution >= 4 is 5.69 Å². The van der Waals surface area contributed by atoms with E-state index in [2.05, 4.69) is 37.8 Å². The van der Waals surface area contributed by atoms with Crippen LogP contribution in [0.15, 0.2) is 12.1 Å². The minimum Gasteiger partial charge on any atom is -0.371 e. The lowest BCUT2D eigenvalue weighted by Gasteiger charge is -2.22. The Kier molecular flexibility index (Phi) is 2.99. The van der Waals surface area contributed by atoms with Crippen LogP contribution in [0.2, 0.25) is 0 Å². The minimum atomic E-state index is 1.15. The monoisotopic (exact) mass is 203 g/mol. The van der Waals surface area contributed by atoms with Crippen molar-refractivity contribution in [3.8, 4) is 0 Å². The van der Waals surface area contributed by atoms with Gasteiger partial charge in [0.15, 0.2) is 0 Å². The third-order valence-corrected chi connectivity index (χ3v) is 3.48. The fourth-order valence-corrected chi connectivity index (χ4v) is 2.56. The van der Waals surface area contributed by atoms with Crippen LogP contribution in [0.4, 0.5) is 5.69 Å². The molecule has 0 amide bonds.